The third-order valence-electron chi connectivity index (χ3n) is 3.13. The van der Waals surface area contributed by atoms with Crippen molar-refractivity contribution >= 4 is 17.5 Å². The highest BCUT2D eigenvalue weighted by atomic mass is 35.5. The van der Waals surface area contributed by atoms with Crippen LogP contribution in [-0.4, -0.2) is 58.3 Å². The molecule has 0 aromatic carbocycles. The molecule has 0 unspecified atom stereocenters. The summed E-state index contributed by atoms with van der Waals surface area (Å²) in [6.07, 6.45) is 3.76. The summed E-state index contributed by atoms with van der Waals surface area (Å²) >= 11 is 5.70. The average molecular weight is 286 g/mol. The van der Waals surface area contributed by atoms with Gasteiger partial charge in [-0.05, 0) is 0 Å². The maximum absolute atomic E-state index is 12.1. The highest BCUT2D eigenvalue weighted by molar-refractivity contribution is 6.29. The van der Waals surface area contributed by atoms with Crippen molar-refractivity contribution in [2.75, 3.05) is 26.8 Å². The number of nitrogens with zero attached hydrogens (tertiary/aromatic N) is 3. The Balaban J connectivity index is 2.03. The second-order valence-corrected chi connectivity index (χ2v) is 5.11. The normalized spacial score (nSPS) is 18.1. The predicted octanol–water partition coefficient (Wildman–Crippen LogP) is 0.743. The Labute approximate surface area is 116 Å². The molecule has 0 spiro atoms. The molecule has 1 amide bonds. The topological polar surface area (TPSA) is 75.6 Å². The Morgan fingerprint density at radius 3 is 2.84 bits per heavy atom. The number of ether oxygens (including phenoxy) is 1. The van der Waals surface area contributed by atoms with Crippen LogP contribution in [0.5, 0.6) is 0 Å². The van der Waals surface area contributed by atoms with Crippen molar-refractivity contribution in [3.05, 3.63) is 23.2 Å². The first-order valence-electron chi connectivity index (χ1n) is 6.03. The van der Waals surface area contributed by atoms with Gasteiger partial charge < -0.3 is 14.7 Å². The van der Waals surface area contributed by atoms with Gasteiger partial charge in [-0.25, -0.2) is 4.98 Å². The molecule has 1 aliphatic rings. The zero-order valence-electron chi connectivity index (χ0n) is 10.7. The molecule has 0 atom stereocenters. The Morgan fingerprint density at radius 2 is 2.21 bits per heavy atom. The zero-order valence-corrected chi connectivity index (χ0v) is 11.4. The number of aliphatic hydroxyl groups is 1. The molecule has 1 saturated heterocycles. The summed E-state index contributed by atoms with van der Waals surface area (Å²) in [5.41, 5.74) is -0.722. The number of carbonyl (C=O) groups excluding carboxylic acids is 1. The van der Waals surface area contributed by atoms with E-state index in [0.717, 1.165) is 0 Å². The fraction of sp³-hybridized carbons (Fsp3) is 0.583. The molecular weight excluding hydrogens is 270 g/mol. The quantitative estimate of drug-likeness (QED) is 0.887. The molecule has 1 aromatic heterocycles. The van der Waals surface area contributed by atoms with Crippen molar-refractivity contribution in [3.63, 3.8) is 0 Å². The average Bonchev–Trinajstić information content (AvgIpc) is 2.38. The van der Waals surface area contributed by atoms with Crippen molar-refractivity contribution in [3.8, 4) is 0 Å². The number of hydrogen-bond acceptors (Lipinski definition) is 5. The third-order valence-corrected chi connectivity index (χ3v) is 3.31. The molecule has 7 heteroatoms. The highest BCUT2D eigenvalue weighted by Crippen LogP contribution is 2.21. The number of likely N-dealkylation sites (N-methyl/N-ethyl adjacent to an activating group) is 1. The van der Waals surface area contributed by atoms with Crippen molar-refractivity contribution in [1.82, 2.24) is 14.9 Å². The van der Waals surface area contributed by atoms with Crippen molar-refractivity contribution in [2.24, 2.45) is 0 Å². The molecule has 104 valence electrons. The van der Waals surface area contributed by atoms with Gasteiger partial charge in [0.05, 0.1) is 18.0 Å². The van der Waals surface area contributed by atoms with Gasteiger partial charge >= 0.3 is 0 Å². The smallest absolute Gasteiger partial charge is 0.273 e. The van der Waals surface area contributed by atoms with Gasteiger partial charge in [0.1, 0.15) is 10.8 Å². The maximum Gasteiger partial charge on any atom is 0.273 e. The summed E-state index contributed by atoms with van der Waals surface area (Å²) in [5, 5.41) is 10.5. The molecule has 1 N–H and O–H groups in total. The minimum absolute atomic E-state index is 0.170. The van der Waals surface area contributed by atoms with Crippen LogP contribution >= 0.6 is 11.6 Å². The van der Waals surface area contributed by atoms with E-state index in [1.807, 2.05) is 0 Å². The van der Waals surface area contributed by atoms with Gasteiger partial charge in [0, 0.05) is 39.6 Å². The molecule has 1 fully saturated rings. The van der Waals surface area contributed by atoms with E-state index in [1.165, 1.54) is 17.3 Å². The van der Waals surface area contributed by atoms with Crippen molar-refractivity contribution in [2.45, 2.75) is 18.4 Å². The molecule has 1 aliphatic heterocycles. The van der Waals surface area contributed by atoms with Crippen LogP contribution in [0.3, 0.4) is 0 Å². The Morgan fingerprint density at radius 1 is 1.53 bits per heavy atom. The van der Waals surface area contributed by atoms with Gasteiger partial charge in [0.25, 0.3) is 5.91 Å². The van der Waals surface area contributed by atoms with Crippen LogP contribution in [-0.2, 0) is 4.74 Å². The minimum atomic E-state index is -0.894. The second kappa shape index (κ2) is 5.81. The van der Waals surface area contributed by atoms with Crippen LogP contribution in [0.1, 0.15) is 23.3 Å². The number of aromatic nitrogens is 2. The molecule has 2 rings (SSSR count). The third kappa shape index (κ3) is 3.62. The van der Waals surface area contributed by atoms with Gasteiger partial charge in [0.2, 0.25) is 0 Å². The lowest BCUT2D eigenvalue weighted by atomic mass is 9.94. The molecule has 0 bridgehead atoms. The van der Waals surface area contributed by atoms with Crippen LogP contribution in [0.25, 0.3) is 0 Å². The molecule has 19 heavy (non-hydrogen) atoms. The first-order valence-corrected chi connectivity index (χ1v) is 6.41. The summed E-state index contributed by atoms with van der Waals surface area (Å²) in [6.45, 7) is 1.26. The zero-order chi connectivity index (χ0) is 13.9. The number of amides is 1. The lowest BCUT2D eigenvalue weighted by Crippen LogP contribution is -2.47. The van der Waals surface area contributed by atoms with E-state index < -0.39 is 5.60 Å². The molecule has 2 heterocycles. The first-order chi connectivity index (χ1) is 9.00. The van der Waals surface area contributed by atoms with Gasteiger partial charge in [0.15, 0.2) is 0 Å². The largest absolute Gasteiger partial charge is 0.388 e. The first kappa shape index (κ1) is 14.2. The molecule has 0 saturated carbocycles. The fourth-order valence-electron chi connectivity index (χ4n) is 2.06. The summed E-state index contributed by atoms with van der Waals surface area (Å²) in [5.74, 6) is -0.310. The number of hydrogen-bond donors (Lipinski definition) is 1. The van der Waals surface area contributed by atoms with E-state index >= 15 is 0 Å². The lowest BCUT2D eigenvalue weighted by Gasteiger charge is -2.35. The van der Waals surface area contributed by atoms with Gasteiger partial charge in [-0.2, -0.15) is 0 Å². The molecule has 6 nitrogen and oxygen atoms in total. The van der Waals surface area contributed by atoms with Crippen molar-refractivity contribution in [1.29, 1.82) is 0 Å². The van der Waals surface area contributed by atoms with Gasteiger partial charge in [-0.1, -0.05) is 11.6 Å². The molecule has 0 aliphatic carbocycles. The Hall–Kier alpha value is -1.24. The van der Waals surface area contributed by atoms with Crippen molar-refractivity contribution < 1.29 is 14.6 Å². The lowest BCUT2D eigenvalue weighted by molar-refractivity contribution is -0.0734. The molecular formula is C12H16ClN3O3. The van der Waals surface area contributed by atoms with Crippen LogP contribution in [0.15, 0.2) is 12.4 Å². The Bertz CT molecular complexity index is 463. The van der Waals surface area contributed by atoms with Crippen LogP contribution in [0.2, 0.25) is 5.15 Å². The fourth-order valence-corrected chi connectivity index (χ4v) is 2.21. The van der Waals surface area contributed by atoms with E-state index in [2.05, 4.69) is 9.97 Å². The van der Waals surface area contributed by atoms with Gasteiger partial charge in [-0.3, -0.25) is 9.78 Å². The maximum atomic E-state index is 12.1. The number of rotatable bonds is 3. The van der Waals surface area contributed by atoms with E-state index in [4.69, 9.17) is 16.3 Å². The monoisotopic (exact) mass is 285 g/mol. The molecule has 1 aromatic rings. The molecule has 0 radical (unpaired) electrons. The summed E-state index contributed by atoms with van der Waals surface area (Å²) in [7, 11) is 1.62. The predicted molar refractivity (Wildman–Crippen MR) is 69.0 cm³/mol. The van der Waals surface area contributed by atoms with E-state index in [-0.39, 0.29) is 23.3 Å². The van der Waals surface area contributed by atoms with E-state index in [9.17, 15) is 9.90 Å². The van der Waals surface area contributed by atoms with Crippen LogP contribution in [0, 0.1) is 0 Å². The summed E-state index contributed by atoms with van der Waals surface area (Å²) in [6, 6.07) is 0. The highest BCUT2D eigenvalue weighted by Gasteiger charge is 2.32. The van der Waals surface area contributed by atoms with Crippen LogP contribution < -0.4 is 0 Å². The Kier molecular flexibility index (Phi) is 4.34. The van der Waals surface area contributed by atoms with E-state index in [0.29, 0.717) is 26.1 Å². The second-order valence-electron chi connectivity index (χ2n) is 4.72. The summed E-state index contributed by atoms with van der Waals surface area (Å²) < 4.78 is 5.20. The standard InChI is InChI=1S/C12H16ClN3O3/c1-16(8-12(18)2-4-19-5-3-12)11(17)9-6-14-7-10(13)15-9/h6-7,18H,2-5,8H2,1H3. The van der Waals surface area contributed by atoms with Crippen LogP contribution in [0.4, 0.5) is 0 Å². The minimum Gasteiger partial charge on any atom is -0.388 e. The SMILES string of the molecule is CN(CC1(O)CCOCC1)C(=O)c1cncc(Cl)n1. The van der Waals surface area contributed by atoms with Gasteiger partial charge in [-0.15, -0.1) is 0 Å². The summed E-state index contributed by atoms with van der Waals surface area (Å²) in [4.78, 5) is 21.3. The van der Waals surface area contributed by atoms with E-state index in [1.54, 1.807) is 7.05 Å². The number of carbonyl (C=O) groups is 1. The number of halogens is 1.